The van der Waals surface area contributed by atoms with Gasteiger partial charge in [0, 0.05) is 19.3 Å². The third-order valence-electron chi connectivity index (χ3n) is 15.0. The van der Waals surface area contributed by atoms with Crippen LogP contribution < -0.4 is 0 Å². The molecule has 1 atom stereocenters. The van der Waals surface area contributed by atoms with E-state index in [9.17, 15) is 14.4 Å². The molecule has 0 amide bonds. The molecule has 0 aromatic carbocycles. The number of carbonyl (C=O) groups excluding carboxylic acids is 3. The smallest absolute Gasteiger partial charge is 0.306 e. The Morgan fingerprint density at radius 3 is 0.780 bits per heavy atom. The van der Waals surface area contributed by atoms with Crippen molar-refractivity contribution < 1.29 is 28.6 Å². The molecule has 0 saturated heterocycles. The molecule has 82 heavy (non-hydrogen) atoms. The zero-order valence-corrected chi connectivity index (χ0v) is 54.0. The summed E-state index contributed by atoms with van der Waals surface area (Å²) in [6, 6.07) is 0. The fourth-order valence-corrected chi connectivity index (χ4v) is 9.75. The lowest BCUT2D eigenvalue weighted by Gasteiger charge is -2.18. The Kier molecular flexibility index (Phi) is 66.2. The zero-order chi connectivity index (χ0) is 59.2. The van der Waals surface area contributed by atoms with Gasteiger partial charge in [0.25, 0.3) is 0 Å². The maximum atomic E-state index is 13.0. The Labute approximate surface area is 508 Å². The van der Waals surface area contributed by atoms with E-state index in [0.717, 1.165) is 128 Å². The molecule has 0 radical (unpaired) electrons. The second-order valence-corrected chi connectivity index (χ2v) is 23.1. The van der Waals surface area contributed by atoms with Gasteiger partial charge in [-0.1, -0.05) is 304 Å². The number of unbranched alkanes of at least 4 members (excludes halogenated alkanes) is 34. The lowest BCUT2D eigenvalue weighted by Crippen LogP contribution is -2.30. The molecule has 0 N–H and O–H groups in total. The van der Waals surface area contributed by atoms with Crippen molar-refractivity contribution in [2.75, 3.05) is 13.2 Å². The molecule has 0 aromatic heterocycles. The van der Waals surface area contributed by atoms with Crippen LogP contribution in [0.25, 0.3) is 0 Å². The van der Waals surface area contributed by atoms with E-state index >= 15 is 0 Å². The van der Waals surface area contributed by atoms with Crippen molar-refractivity contribution in [3.05, 3.63) is 109 Å². The summed E-state index contributed by atoms with van der Waals surface area (Å²) >= 11 is 0. The van der Waals surface area contributed by atoms with Gasteiger partial charge in [-0.05, 0) is 122 Å². The molecule has 6 heteroatoms. The number of allylic oxidation sites excluding steroid dienone is 18. The average Bonchev–Trinajstić information content (AvgIpc) is 3.47. The van der Waals surface area contributed by atoms with Crippen molar-refractivity contribution in [3.63, 3.8) is 0 Å². The van der Waals surface area contributed by atoms with E-state index in [2.05, 4.69) is 130 Å². The van der Waals surface area contributed by atoms with E-state index in [1.54, 1.807) is 0 Å². The van der Waals surface area contributed by atoms with Crippen LogP contribution >= 0.6 is 0 Å². The lowest BCUT2D eigenvalue weighted by atomic mass is 10.0. The van der Waals surface area contributed by atoms with Crippen LogP contribution in [0.5, 0.6) is 0 Å². The molecule has 0 aliphatic carbocycles. The van der Waals surface area contributed by atoms with Crippen LogP contribution in [0, 0.1) is 0 Å². The van der Waals surface area contributed by atoms with Crippen LogP contribution in [0.1, 0.15) is 335 Å². The fraction of sp³-hybridized carbons (Fsp3) is 0.724. The Morgan fingerprint density at radius 2 is 0.488 bits per heavy atom. The first kappa shape index (κ1) is 78.1. The molecule has 0 aromatic rings. The fourth-order valence-electron chi connectivity index (χ4n) is 9.75. The highest BCUT2D eigenvalue weighted by Gasteiger charge is 2.19. The second-order valence-electron chi connectivity index (χ2n) is 23.1. The van der Waals surface area contributed by atoms with E-state index in [0.29, 0.717) is 19.3 Å². The van der Waals surface area contributed by atoms with Gasteiger partial charge in [0.15, 0.2) is 6.10 Å². The first-order valence-electron chi connectivity index (χ1n) is 34.9. The molecule has 0 bridgehead atoms. The first-order valence-corrected chi connectivity index (χ1v) is 34.9. The molecule has 0 rings (SSSR count). The molecule has 0 aliphatic heterocycles. The zero-order valence-electron chi connectivity index (χ0n) is 54.0. The summed E-state index contributed by atoms with van der Waals surface area (Å²) in [7, 11) is 0. The molecular formula is C76H130O6. The summed E-state index contributed by atoms with van der Waals surface area (Å²) in [5, 5.41) is 0. The molecule has 0 aliphatic rings. The van der Waals surface area contributed by atoms with Gasteiger partial charge in [0.05, 0.1) is 0 Å². The largest absolute Gasteiger partial charge is 0.462 e. The summed E-state index contributed by atoms with van der Waals surface area (Å²) in [6.07, 6.45) is 95.3. The van der Waals surface area contributed by atoms with Crippen molar-refractivity contribution >= 4 is 17.9 Å². The van der Waals surface area contributed by atoms with Crippen LogP contribution in [0.3, 0.4) is 0 Å². The van der Waals surface area contributed by atoms with Gasteiger partial charge in [-0.2, -0.15) is 0 Å². The number of ether oxygens (including phenoxy) is 3. The Bertz CT molecular complexity index is 1640. The summed E-state index contributed by atoms with van der Waals surface area (Å²) in [4.78, 5) is 38.4. The summed E-state index contributed by atoms with van der Waals surface area (Å²) < 4.78 is 17.0. The van der Waals surface area contributed by atoms with Crippen LogP contribution in [0.15, 0.2) is 109 Å². The van der Waals surface area contributed by atoms with E-state index in [-0.39, 0.29) is 31.1 Å². The SMILES string of the molecule is CC/C=C\C/C=C\C/C=C\C/C=C\C/C=C\CCCCCCCCCCCC(=O)OCC(COC(=O)CCCCCCC/C=C\C/C=C\CCCC)OC(=O)CCCCCCCCCCCCCCC/C=C\C/C=C\CCCCCCC. The van der Waals surface area contributed by atoms with Gasteiger partial charge < -0.3 is 14.2 Å². The third-order valence-corrected chi connectivity index (χ3v) is 15.0. The number of carbonyl (C=O) groups is 3. The molecule has 0 spiro atoms. The van der Waals surface area contributed by atoms with E-state index in [1.165, 1.54) is 167 Å². The van der Waals surface area contributed by atoms with E-state index in [4.69, 9.17) is 14.2 Å². The normalized spacial score (nSPS) is 12.8. The number of esters is 3. The summed E-state index contributed by atoms with van der Waals surface area (Å²) in [5.41, 5.74) is 0. The van der Waals surface area contributed by atoms with Gasteiger partial charge in [-0.3, -0.25) is 14.4 Å². The topological polar surface area (TPSA) is 78.9 Å². The quantitative estimate of drug-likeness (QED) is 0.0261. The van der Waals surface area contributed by atoms with Gasteiger partial charge in [0.2, 0.25) is 0 Å². The number of hydrogen-bond acceptors (Lipinski definition) is 6. The average molecular weight is 1140 g/mol. The van der Waals surface area contributed by atoms with Crippen molar-refractivity contribution in [1.82, 2.24) is 0 Å². The highest BCUT2D eigenvalue weighted by molar-refractivity contribution is 5.71. The maximum Gasteiger partial charge on any atom is 0.306 e. The second kappa shape index (κ2) is 69.6. The minimum absolute atomic E-state index is 0.0855. The standard InChI is InChI=1S/C76H130O6/c1-4-7-10-13-16-19-22-25-28-30-32-34-36-38-40-42-44-46-48-51-54-57-60-63-66-69-75(78)81-72-73(71-80-74(77)68-65-62-59-56-53-50-27-24-21-18-15-12-9-6-3)82-76(79)70-67-64-61-58-55-52-49-47-45-43-41-39-37-35-33-31-29-26-23-20-17-14-11-8-5-2/h7,10,15-16,18-19,23-28,31-34,38,40,73H,4-6,8-9,11-14,17,20-22,29-30,35-37,39,41-72H2,1-3H3/b10-7-,18-15-,19-16-,26-23-,27-24-,28-25-,33-31-,34-32-,40-38-. The third kappa shape index (κ3) is 66.9. The highest BCUT2D eigenvalue weighted by Crippen LogP contribution is 2.17. The van der Waals surface area contributed by atoms with Crippen molar-refractivity contribution in [3.8, 4) is 0 Å². The van der Waals surface area contributed by atoms with Crippen LogP contribution in [-0.4, -0.2) is 37.2 Å². The summed E-state index contributed by atoms with van der Waals surface area (Å²) in [5.74, 6) is -0.894. The van der Waals surface area contributed by atoms with Gasteiger partial charge >= 0.3 is 17.9 Å². The lowest BCUT2D eigenvalue weighted by molar-refractivity contribution is -0.167. The van der Waals surface area contributed by atoms with E-state index < -0.39 is 6.10 Å². The first-order chi connectivity index (χ1) is 40.5. The van der Waals surface area contributed by atoms with Gasteiger partial charge in [0.1, 0.15) is 13.2 Å². The van der Waals surface area contributed by atoms with E-state index in [1.807, 2.05) is 0 Å². The van der Waals surface area contributed by atoms with Crippen molar-refractivity contribution in [2.24, 2.45) is 0 Å². The predicted octanol–water partition coefficient (Wildman–Crippen LogP) is 24.2. The Balaban J connectivity index is 4.33. The minimum atomic E-state index is -0.790. The van der Waals surface area contributed by atoms with Crippen molar-refractivity contribution in [1.29, 1.82) is 0 Å². The molecular weight excluding hydrogens is 1010 g/mol. The molecule has 0 saturated carbocycles. The molecule has 6 nitrogen and oxygen atoms in total. The molecule has 0 fully saturated rings. The molecule has 1 unspecified atom stereocenters. The minimum Gasteiger partial charge on any atom is -0.462 e. The monoisotopic (exact) mass is 1140 g/mol. The summed E-state index contributed by atoms with van der Waals surface area (Å²) in [6.45, 7) is 6.49. The molecule has 470 valence electrons. The van der Waals surface area contributed by atoms with Crippen LogP contribution in [-0.2, 0) is 28.6 Å². The van der Waals surface area contributed by atoms with Crippen LogP contribution in [0.4, 0.5) is 0 Å². The Hall–Kier alpha value is -3.93. The Morgan fingerprint density at radius 1 is 0.256 bits per heavy atom. The van der Waals surface area contributed by atoms with Gasteiger partial charge in [-0.15, -0.1) is 0 Å². The van der Waals surface area contributed by atoms with Crippen LogP contribution in [0.2, 0.25) is 0 Å². The maximum absolute atomic E-state index is 13.0. The van der Waals surface area contributed by atoms with Gasteiger partial charge in [-0.25, -0.2) is 0 Å². The van der Waals surface area contributed by atoms with Crippen molar-refractivity contribution in [2.45, 2.75) is 341 Å². The number of rotatable bonds is 63. The highest BCUT2D eigenvalue weighted by atomic mass is 16.6. The molecule has 0 heterocycles. The number of hydrogen-bond donors (Lipinski definition) is 0. The predicted molar refractivity (Wildman–Crippen MR) is 357 cm³/mol.